The van der Waals surface area contributed by atoms with Crippen LogP contribution in [-0.4, -0.2) is 41.9 Å². The first kappa shape index (κ1) is 19.3. The molecule has 0 aliphatic heterocycles. The molecule has 1 aromatic carbocycles. The SMILES string of the molecule is COC(=O)CCN(CC(C)C)C(=O)/C=C/c1ccc([N+](=O)[O-])cc1. The minimum Gasteiger partial charge on any atom is -0.469 e. The Morgan fingerprint density at radius 3 is 2.42 bits per heavy atom. The van der Waals surface area contributed by atoms with Crippen LogP contribution in [0.1, 0.15) is 25.8 Å². The van der Waals surface area contributed by atoms with Gasteiger partial charge in [-0.05, 0) is 29.7 Å². The van der Waals surface area contributed by atoms with Crippen LogP contribution in [0.15, 0.2) is 30.3 Å². The summed E-state index contributed by atoms with van der Waals surface area (Å²) in [7, 11) is 1.31. The number of hydrogen-bond donors (Lipinski definition) is 0. The van der Waals surface area contributed by atoms with Crippen LogP contribution in [0.2, 0.25) is 0 Å². The third-order valence-electron chi connectivity index (χ3n) is 3.23. The molecular weight excluding hydrogens is 312 g/mol. The highest BCUT2D eigenvalue weighted by Gasteiger charge is 2.14. The zero-order chi connectivity index (χ0) is 18.1. The molecule has 0 spiro atoms. The number of nitro groups is 1. The number of rotatable bonds is 8. The zero-order valence-electron chi connectivity index (χ0n) is 14.1. The number of non-ortho nitro benzene ring substituents is 1. The van der Waals surface area contributed by atoms with Crippen molar-refractivity contribution in [3.05, 3.63) is 46.0 Å². The Bertz CT molecular complexity index is 608. The maximum Gasteiger partial charge on any atom is 0.307 e. The van der Waals surface area contributed by atoms with Crippen LogP contribution in [0, 0.1) is 16.0 Å². The number of benzene rings is 1. The smallest absolute Gasteiger partial charge is 0.307 e. The third kappa shape index (κ3) is 6.60. The number of nitrogens with zero attached hydrogens (tertiary/aromatic N) is 2. The van der Waals surface area contributed by atoms with E-state index in [1.54, 1.807) is 23.1 Å². The molecule has 0 fully saturated rings. The fourth-order valence-corrected chi connectivity index (χ4v) is 2.04. The Labute approximate surface area is 141 Å². The maximum absolute atomic E-state index is 12.3. The Morgan fingerprint density at radius 1 is 1.29 bits per heavy atom. The molecule has 0 heterocycles. The molecule has 1 amide bonds. The molecule has 0 unspecified atom stereocenters. The van der Waals surface area contributed by atoms with E-state index >= 15 is 0 Å². The lowest BCUT2D eigenvalue weighted by Gasteiger charge is -2.22. The van der Waals surface area contributed by atoms with E-state index in [9.17, 15) is 19.7 Å². The predicted molar refractivity (Wildman–Crippen MR) is 90.2 cm³/mol. The average molecular weight is 334 g/mol. The number of nitro benzene ring substituents is 1. The summed E-state index contributed by atoms with van der Waals surface area (Å²) >= 11 is 0. The molecule has 1 aromatic rings. The summed E-state index contributed by atoms with van der Waals surface area (Å²) in [6, 6.07) is 5.91. The first-order valence-corrected chi connectivity index (χ1v) is 7.61. The molecule has 130 valence electrons. The van der Waals surface area contributed by atoms with Crippen molar-refractivity contribution >= 4 is 23.6 Å². The van der Waals surface area contributed by atoms with Crippen molar-refractivity contribution in [3.63, 3.8) is 0 Å². The first-order valence-electron chi connectivity index (χ1n) is 7.61. The average Bonchev–Trinajstić information content (AvgIpc) is 2.56. The molecule has 7 heteroatoms. The van der Waals surface area contributed by atoms with E-state index in [1.807, 2.05) is 13.8 Å². The van der Waals surface area contributed by atoms with Gasteiger partial charge in [-0.2, -0.15) is 0 Å². The van der Waals surface area contributed by atoms with Crippen molar-refractivity contribution in [2.24, 2.45) is 5.92 Å². The summed E-state index contributed by atoms with van der Waals surface area (Å²) in [5.41, 5.74) is 0.685. The van der Waals surface area contributed by atoms with Crippen LogP contribution in [0.3, 0.4) is 0 Å². The quantitative estimate of drug-likeness (QED) is 0.315. The Hall–Kier alpha value is -2.70. The lowest BCUT2D eigenvalue weighted by Crippen LogP contribution is -2.34. The summed E-state index contributed by atoms with van der Waals surface area (Å²) in [5.74, 6) is -0.318. The largest absolute Gasteiger partial charge is 0.469 e. The number of carbonyl (C=O) groups is 2. The summed E-state index contributed by atoms with van der Waals surface area (Å²) in [6.07, 6.45) is 3.14. The summed E-state index contributed by atoms with van der Waals surface area (Å²) in [6.45, 7) is 4.78. The second-order valence-corrected chi connectivity index (χ2v) is 5.69. The van der Waals surface area contributed by atoms with Crippen LogP contribution >= 0.6 is 0 Å². The van der Waals surface area contributed by atoms with E-state index in [-0.39, 0.29) is 36.4 Å². The molecule has 0 atom stereocenters. The Morgan fingerprint density at radius 2 is 1.92 bits per heavy atom. The van der Waals surface area contributed by atoms with Crippen molar-refractivity contribution in [3.8, 4) is 0 Å². The lowest BCUT2D eigenvalue weighted by molar-refractivity contribution is -0.384. The van der Waals surface area contributed by atoms with E-state index in [2.05, 4.69) is 4.74 Å². The molecule has 0 aliphatic carbocycles. The van der Waals surface area contributed by atoms with E-state index in [1.165, 1.54) is 25.3 Å². The fraction of sp³-hybridized carbons (Fsp3) is 0.412. The van der Waals surface area contributed by atoms with E-state index < -0.39 is 4.92 Å². The van der Waals surface area contributed by atoms with Gasteiger partial charge in [0.2, 0.25) is 5.91 Å². The standard InChI is InChI=1S/C17H22N2O5/c1-13(2)12-18(11-10-17(21)24-3)16(20)9-6-14-4-7-15(8-5-14)19(22)23/h4-9,13H,10-12H2,1-3H3/b9-6+. The van der Waals surface area contributed by atoms with E-state index in [0.29, 0.717) is 12.1 Å². The molecule has 0 saturated carbocycles. The van der Waals surface area contributed by atoms with Gasteiger partial charge in [0, 0.05) is 31.3 Å². The number of ether oxygens (including phenoxy) is 1. The van der Waals surface area contributed by atoms with Gasteiger partial charge < -0.3 is 9.64 Å². The lowest BCUT2D eigenvalue weighted by atomic mass is 10.1. The molecule has 0 saturated heterocycles. The van der Waals surface area contributed by atoms with Crippen molar-refractivity contribution in [1.29, 1.82) is 0 Å². The van der Waals surface area contributed by atoms with Gasteiger partial charge in [-0.15, -0.1) is 0 Å². The van der Waals surface area contributed by atoms with Crippen LogP contribution in [0.25, 0.3) is 6.08 Å². The summed E-state index contributed by atoms with van der Waals surface area (Å²) in [5, 5.41) is 10.6. The van der Waals surface area contributed by atoms with Crippen molar-refractivity contribution in [2.75, 3.05) is 20.2 Å². The summed E-state index contributed by atoms with van der Waals surface area (Å²) in [4.78, 5) is 35.3. The molecule has 0 radical (unpaired) electrons. The molecule has 0 aromatic heterocycles. The highest BCUT2D eigenvalue weighted by atomic mass is 16.6. The highest BCUT2D eigenvalue weighted by Crippen LogP contribution is 2.13. The topological polar surface area (TPSA) is 89.8 Å². The van der Waals surface area contributed by atoms with Gasteiger partial charge in [0.05, 0.1) is 18.5 Å². The van der Waals surface area contributed by atoms with Gasteiger partial charge in [-0.25, -0.2) is 0 Å². The minimum absolute atomic E-state index is 0.00186. The number of esters is 1. The molecule has 7 nitrogen and oxygen atoms in total. The number of amides is 1. The molecule has 0 N–H and O–H groups in total. The Balaban J connectivity index is 2.74. The fourth-order valence-electron chi connectivity index (χ4n) is 2.04. The van der Waals surface area contributed by atoms with Gasteiger partial charge in [-0.1, -0.05) is 13.8 Å². The van der Waals surface area contributed by atoms with Gasteiger partial charge in [0.25, 0.3) is 5.69 Å². The molecule has 0 aliphatic rings. The second kappa shape index (κ2) is 9.44. The van der Waals surface area contributed by atoms with Crippen LogP contribution < -0.4 is 0 Å². The minimum atomic E-state index is -0.476. The van der Waals surface area contributed by atoms with Gasteiger partial charge >= 0.3 is 5.97 Å². The highest BCUT2D eigenvalue weighted by molar-refractivity contribution is 5.92. The van der Waals surface area contributed by atoms with Crippen molar-refractivity contribution in [1.82, 2.24) is 4.90 Å². The maximum atomic E-state index is 12.3. The van der Waals surface area contributed by atoms with E-state index in [4.69, 9.17) is 0 Å². The van der Waals surface area contributed by atoms with Gasteiger partial charge in [0.15, 0.2) is 0 Å². The zero-order valence-corrected chi connectivity index (χ0v) is 14.1. The van der Waals surface area contributed by atoms with Crippen LogP contribution in [0.4, 0.5) is 5.69 Å². The monoisotopic (exact) mass is 334 g/mol. The van der Waals surface area contributed by atoms with Gasteiger partial charge in [0.1, 0.15) is 0 Å². The van der Waals surface area contributed by atoms with Crippen molar-refractivity contribution < 1.29 is 19.2 Å². The number of carbonyl (C=O) groups excluding carboxylic acids is 2. The molecule has 24 heavy (non-hydrogen) atoms. The summed E-state index contributed by atoms with van der Waals surface area (Å²) < 4.78 is 4.60. The number of hydrogen-bond acceptors (Lipinski definition) is 5. The second-order valence-electron chi connectivity index (χ2n) is 5.69. The molecule has 0 bridgehead atoms. The first-order chi connectivity index (χ1) is 11.3. The number of methoxy groups -OCH3 is 1. The predicted octanol–water partition coefficient (Wildman–Crippen LogP) is 2.66. The third-order valence-corrected chi connectivity index (χ3v) is 3.23. The van der Waals surface area contributed by atoms with Crippen LogP contribution in [0.5, 0.6) is 0 Å². The van der Waals surface area contributed by atoms with Crippen LogP contribution in [-0.2, 0) is 14.3 Å². The Kier molecular flexibility index (Phi) is 7.61. The molecule has 1 rings (SSSR count). The van der Waals surface area contributed by atoms with Gasteiger partial charge in [-0.3, -0.25) is 19.7 Å². The normalized spacial score (nSPS) is 10.8. The molecular formula is C17H22N2O5. The van der Waals surface area contributed by atoms with Crippen molar-refractivity contribution in [2.45, 2.75) is 20.3 Å². The van der Waals surface area contributed by atoms with E-state index in [0.717, 1.165) is 0 Å².